The molecule has 0 atom stereocenters. The van der Waals surface area contributed by atoms with Gasteiger partial charge in [0.1, 0.15) is 5.82 Å². The number of nitrogens with two attached hydrogens (primary N) is 1. The van der Waals surface area contributed by atoms with Crippen LogP contribution in [0.15, 0.2) is 36.4 Å². The van der Waals surface area contributed by atoms with E-state index in [1.807, 2.05) is 18.2 Å². The molecule has 1 aromatic carbocycles. The molecule has 2 rings (SSSR count). The van der Waals surface area contributed by atoms with Crippen molar-refractivity contribution >= 4 is 17.0 Å². The normalized spacial score (nSPS) is 10.4. The highest BCUT2D eigenvalue weighted by Crippen LogP contribution is 2.19. The monoisotopic (exact) mass is 236 g/mol. The molecule has 0 radical (unpaired) electrons. The lowest BCUT2D eigenvalue weighted by molar-refractivity contribution is 0.630. The zero-order valence-electron chi connectivity index (χ0n) is 8.74. The molecule has 0 bridgehead atoms. The molecule has 0 aliphatic heterocycles. The van der Waals surface area contributed by atoms with E-state index in [0.29, 0.717) is 18.8 Å². The number of anilines is 1. The molecule has 0 saturated heterocycles. The van der Waals surface area contributed by atoms with E-state index in [0.717, 1.165) is 9.75 Å². The number of thiophene rings is 1. The summed E-state index contributed by atoms with van der Waals surface area (Å²) in [7, 11) is 0. The summed E-state index contributed by atoms with van der Waals surface area (Å²) in [5, 5.41) is 3.06. The third-order valence-electron chi connectivity index (χ3n) is 2.25. The Labute approximate surface area is 97.9 Å². The largest absolute Gasteiger partial charge is 0.378 e. The van der Waals surface area contributed by atoms with E-state index < -0.39 is 0 Å². The highest BCUT2D eigenvalue weighted by atomic mass is 32.1. The van der Waals surface area contributed by atoms with Gasteiger partial charge in [-0.25, -0.2) is 4.39 Å². The van der Waals surface area contributed by atoms with Crippen molar-refractivity contribution in [1.82, 2.24) is 0 Å². The minimum atomic E-state index is -0.224. The van der Waals surface area contributed by atoms with Crippen molar-refractivity contribution in [1.29, 1.82) is 0 Å². The van der Waals surface area contributed by atoms with Crippen molar-refractivity contribution in [2.24, 2.45) is 5.73 Å². The van der Waals surface area contributed by atoms with Crippen LogP contribution in [0.4, 0.5) is 10.1 Å². The molecule has 0 unspecified atom stereocenters. The molecular formula is C12H13FN2S. The minimum absolute atomic E-state index is 0.224. The topological polar surface area (TPSA) is 38.0 Å². The molecule has 2 aromatic rings. The number of halogens is 1. The Bertz CT molecular complexity index is 468. The fraction of sp³-hybridized carbons (Fsp3) is 0.167. The van der Waals surface area contributed by atoms with Gasteiger partial charge >= 0.3 is 0 Å². The maximum Gasteiger partial charge on any atom is 0.146 e. The van der Waals surface area contributed by atoms with Gasteiger partial charge in [0.2, 0.25) is 0 Å². The predicted molar refractivity (Wildman–Crippen MR) is 65.9 cm³/mol. The predicted octanol–water partition coefficient (Wildman–Crippen LogP) is 2.96. The summed E-state index contributed by atoms with van der Waals surface area (Å²) < 4.78 is 13.3. The standard InChI is InChI=1S/C12H13FN2S/c13-11-3-1-2-4-12(11)15-8-10-6-5-9(7-14)16-10/h1-6,15H,7-8,14H2. The second-order valence-corrected chi connectivity index (χ2v) is 4.66. The smallest absolute Gasteiger partial charge is 0.146 e. The van der Waals surface area contributed by atoms with Gasteiger partial charge in [-0.1, -0.05) is 12.1 Å². The molecule has 0 saturated carbocycles. The van der Waals surface area contributed by atoms with Gasteiger partial charge < -0.3 is 11.1 Å². The van der Waals surface area contributed by atoms with Crippen molar-refractivity contribution in [3.05, 3.63) is 52.0 Å². The Morgan fingerprint density at radius 3 is 2.56 bits per heavy atom. The zero-order chi connectivity index (χ0) is 11.4. The summed E-state index contributed by atoms with van der Waals surface area (Å²) in [4.78, 5) is 2.30. The average Bonchev–Trinajstić information content (AvgIpc) is 2.76. The molecule has 16 heavy (non-hydrogen) atoms. The average molecular weight is 236 g/mol. The fourth-order valence-electron chi connectivity index (χ4n) is 1.41. The van der Waals surface area contributed by atoms with Crippen LogP contribution in [-0.4, -0.2) is 0 Å². The van der Waals surface area contributed by atoms with Crippen molar-refractivity contribution in [3.63, 3.8) is 0 Å². The Kier molecular flexibility index (Phi) is 3.54. The summed E-state index contributed by atoms with van der Waals surface area (Å²) >= 11 is 1.65. The summed E-state index contributed by atoms with van der Waals surface area (Å²) in [6.07, 6.45) is 0. The van der Waals surface area contributed by atoms with Gasteiger partial charge in [-0.2, -0.15) is 0 Å². The Balaban J connectivity index is 1.99. The summed E-state index contributed by atoms with van der Waals surface area (Å²) in [5.74, 6) is -0.224. The van der Waals surface area contributed by atoms with E-state index in [1.54, 1.807) is 23.5 Å². The van der Waals surface area contributed by atoms with E-state index in [4.69, 9.17) is 5.73 Å². The van der Waals surface area contributed by atoms with Crippen molar-refractivity contribution < 1.29 is 4.39 Å². The zero-order valence-corrected chi connectivity index (χ0v) is 9.56. The van der Waals surface area contributed by atoms with E-state index in [9.17, 15) is 4.39 Å². The molecule has 84 valence electrons. The Morgan fingerprint density at radius 2 is 1.88 bits per heavy atom. The van der Waals surface area contributed by atoms with Gasteiger partial charge in [-0.15, -0.1) is 11.3 Å². The van der Waals surface area contributed by atoms with Crippen LogP contribution in [-0.2, 0) is 13.1 Å². The second-order valence-electron chi connectivity index (χ2n) is 3.41. The third kappa shape index (κ3) is 2.59. The Morgan fingerprint density at radius 1 is 1.12 bits per heavy atom. The number of hydrogen-bond acceptors (Lipinski definition) is 3. The van der Waals surface area contributed by atoms with E-state index >= 15 is 0 Å². The number of para-hydroxylation sites is 1. The van der Waals surface area contributed by atoms with Crippen LogP contribution in [0.25, 0.3) is 0 Å². The molecule has 3 N–H and O–H groups in total. The second kappa shape index (κ2) is 5.09. The summed E-state index contributed by atoms with van der Waals surface area (Å²) in [6, 6.07) is 10.7. The molecule has 0 aliphatic rings. The lowest BCUT2D eigenvalue weighted by Crippen LogP contribution is -1.99. The summed E-state index contributed by atoms with van der Waals surface area (Å²) in [5.41, 5.74) is 6.06. The first-order chi connectivity index (χ1) is 7.79. The SMILES string of the molecule is NCc1ccc(CNc2ccccc2F)s1. The number of benzene rings is 1. The molecule has 1 aromatic heterocycles. The van der Waals surface area contributed by atoms with Crippen molar-refractivity contribution in [3.8, 4) is 0 Å². The van der Waals surface area contributed by atoms with E-state index in [2.05, 4.69) is 5.32 Å². The Hall–Kier alpha value is -1.39. The maximum atomic E-state index is 13.3. The van der Waals surface area contributed by atoms with Crippen LogP contribution in [0, 0.1) is 5.82 Å². The van der Waals surface area contributed by atoms with Gasteiger partial charge in [0.25, 0.3) is 0 Å². The molecule has 0 aliphatic carbocycles. The van der Waals surface area contributed by atoms with Crippen LogP contribution in [0.3, 0.4) is 0 Å². The van der Waals surface area contributed by atoms with Gasteiger partial charge in [0, 0.05) is 22.8 Å². The van der Waals surface area contributed by atoms with Crippen molar-refractivity contribution in [2.45, 2.75) is 13.1 Å². The molecule has 0 amide bonds. The lowest BCUT2D eigenvalue weighted by Gasteiger charge is -2.05. The molecule has 0 spiro atoms. The van der Waals surface area contributed by atoms with Gasteiger partial charge in [-0.05, 0) is 24.3 Å². The number of hydrogen-bond donors (Lipinski definition) is 2. The van der Waals surface area contributed by atoms with Crippen LogP contribution in [0.2, 0.25) is 0 Å². The molecule has 1 heterocycles. The highest BCUT2D eigenvalue weighted by molar-refractivity contribution is 7.11. The molecule has 0 fully saturated rings. The van der Waals surface area contributed by atoms with Gasteiger partial charge in [0.05, 0.1) is 5.69 Å². The maximum absolute atomic E-state index is 13.3. The minimum Gasteiger partial charge on any atom is -0.378 e. The van der Waals surface area contributed by atoms with Gasteiger partial charge in [0.15, 0.2) is 0 Å². The first kappa shape index (κ1) is 11.1. The first-order valence-corrected chi connectivity index (χ1v) is 5.87. The third-order valence-corrected chi connectivity index (χ3v) is 3.35. The van der Waals surface area contributed by atoms with Crippen LogP contribution in [0.5, 0.6) is 0 Å². The quantitative estimate of drug-likeness (QED) is 0.856. The summed E-state index contributed by atoms with van der Waals surface area (Å²) in [6.45, 7) is 1.19. The molecular weight excluding hydrogens is 223 g/mol. The van der Waals surface area contributed by atoms with Crippen LogP contribution >= 0.6 is 11.3 Å². The van der Waals surface area contributed by atoms with Crippen molar-refractivity contribution in [2.75, 3.05) is 5.32 Å². The van der Waals surface area contributed by atoms with E-state index in [-0.39, 0.29) is 5.82 Å². The van der Waals surface area contributed by atoms with Gasteiger partial charge in [-0.3, -0.25) is 0 Å². The lowest BCUT2D eigenvalue weighted by atomic mass is 10.3. The fourth-order valence-corrected chi connectivity index (χ4v) is 2.25. The highest BCUT2D eigenvalue weighted by Gasteiger charge is 2.01. The molecule has 2 nitrogen and oxygen atoms in total. The van der Waals surface area contributed by atoms with Crippen LogP contribution < -0.4 is 11.1 Å². The number of rotatable bonds is 4. The molecule has 4 heteroatoms. The van der Waals surface area contributed by atoms with Crippen LogP contribution in [0.1, 0.15) is 9.75 Å². The number of nitrogens with one attached hydrogen (secondary N) is 1. The first-order valence-electron chi connectivity index (χ1n) is 5.05. The van der Waals surface area contributed by atoms with E-state index in [1.165, 1.54) is 6.07 Å².